The lowest BCUT2D eigenvalue weighted by Crippen LogP contribution is -2.59. The lowest BCUT2D eigenvalue weighted by atomic mass is 9.61. The first-order chi connectivity index (χ1) is 27.1. The smallest absolute Gasteiger partial charge is 0.356 e. The van der Waals surface area contributed by atoms with Crippen molar-refractivity contribution >= 4 is 29.2 Å². The molecule has 0 saturated carbocycles. The molecule has 57 heavy (non-hydrogen) atoms. The van der Waals surface area contributed by atoms with Crippen molar-refractivity contribution in [3.63, 3.8) is 0 Å². The minimum absolute atomic E-state index is 0.00197. The van der Waals surface area contributed by atoms with Crippen LogP contribution in [0, 0.1) is 22.7 Å². The lowest BCUT2D eigenvalue weighted by Gasteiger charge is -2.55. The fourth-order valence-electron chi connectivity index (χ4n) is 10.8. The molecule has 7 heterocycles. The highest BCUT2D eigenvalue weighted by Crippen LogP contribution is 2.48. The van der Waals surface area contributed by atoms with E-state index in [9.17, 15) is 23.5 Å². The van der Waals surface area contributed by atoms with Crippen molar-refractivity contribution in [2.45, 2.75) is 85.2 Å². The van der Waals surface area contributed by atoms with Crippen LogP contribution in [0.15, 0.2) is 41.8 Å². The van der Waals surface area contributed by atoms with E-state index in [1.165, 1.54) is 6.07 Å². The van der Waals surface area contributed by atoms with Crippen LogP contribution in [0.1, 0.15) is 88.3 Å². The van der Waals surface area contributed by atoms with E-state index in [-0.39, 0.29) is 46.0 Å². The molecule has 5 aliphatic heterocycles. The van der Waals surface area contributed by atoms with Gasteiger partial charge >= 0.3 is 5.97 Å². The number of carboxylic acid groups (broad SMARTS) is 1. The van der Waals surface area contributed by atoms with Crippen molar-refractivity contribution in [1.29, 1.82) is 0 Å². The van der Waals surface area contributed by atoms with Crippen LogP contribution in [0.2, 0.25) is 0 Å². The molecule has 3 saturated heterocycles. The van der Waals surface area contributed by atoms with Crippen LogP contribution in [0.25, 0.3) is 11.1 Å². The number of amides is 1. The Balaban J connectivity index is 1.00. The minimum atomic E-state index is -2.65. The van der Waals surface area contributed by atoms with Gasteiger partial charge in [0.25, 0.3) is 6.43 Å². The van der Waals surface area contributed by atoms with Crippen molar-refractivity contribution in [3.05, 3.63) is 53.5 Å². The molecule has 1 amide bonds. The number of fused-ring (bicyclic) bond motifs is 2. The van der Waals surface area contributed by atoms with Gasteiger partial charge in [0.05, 0.1) is 18.2 Å². The Bertz CT molecular complexity index is 2010. The third-order valence-electron chi connectivity index (χ3n) is 13.5. The van der Waals surface area contributed by atoms with Gasteiger partial charge in [0.15, 0.2) is 11.5 Å². The summed E-state index contributed by atoms with van der Waals surface area (Å²) in [7, 11) is 1.79. The molecule has 1 N–H and O–H groups in total. The Labute approximate surface area is 333 Å². The number of alkyl halides is 2. The van der Waals surface area contributed by atoms with Crippen molar-refractivity contribution < 1.29 is 23.5 Å². The molecular weight excluding hydrogens is 731 g/mol. The highest BCUT2D eigenvalue weighted by Gasteiger charge is 2.50. The number of hydrogen-bond acceptors (Lipinski definition) is 10. The predicted octanol–water partition coefficient (Wildman–Crippen LogP) is 5.78. The summed E-state index contributed by atoms with van der Waals surface area (Å²) in [6, 6.07) is 7.30. The van der Waals surface area contributed by atoms with Crippen LogP contribution in [0.4, 0.5) is 20.3 Å². The van der Waals surface area contributed by atoms with Crippen LogP contribution < -0.4 is 9.80 Å². The molecule has 2 atom stereocenters. The predicted molar refractivity (Wildman–Crippen MR) is 214 cm³/mol. The maximum Gasteiger partial charge on any atom is 0.356 e. The number of nitrogens with zero attached hydrogens (tertiary/aromatic N) is 10. The average Bonchev–Trinajstić information content (AvgIpc) is 3.78. The zero-order valence-corrected chi connectivity index (χ0v) is 34.0. The summed E-state index contributed by atoms with van der Waals surface area (Å²) in [4.78, 5) is 33.0. The second-order valence-electron chi connectivity index (χ2n) is 18.3. The normalized spacial score (nSPS) is 24.1. The molecular formula is C42H56F2N10O3. The number of halogens is 2. The van der Waals surface area contributed by atoms with E-state index in [0.29, 0.717) is 42.5 Å². The van der Waals surface area contributed by atoms with Gasteiger partial charge in [0.1, 0.15) is 5.84 Å². The van der Waals surface area contributed by atoms with E-state index < -0.39 is 12.4 Å². The lowest BCUT2D eigenvalue weighted by molar-refractivity contribution is -0.131. The molecule has 2 unspecified atom stereocenters. The third-order valence-corrected chi connectivity index (χ3v) is 13.5. The number of anilines is 2. The SMILES string of the molecule is CC(=O)N1CCC2C(C1)C(N1CCCc3cc(-c4cnn(C)c4)c(C(F)F)cc31)=NN2C1CCN(CC2C(C)(C)CN(c3ccc(C(=O)O)nn3)CC2(C)C)CC1. The summed E-state index contributed by atoms with van der Waals surface area (Å²) in [5.41, 5.74) is 2.93. The number of carbonyl (C=O) groups is 2. The zero-order chi connectivity index (χ0) is 40.4. The first kappa shape index (κ1) is 39.2. The van der Waals surface area contributed by atoms with Gasteiger partial charge in [-0.3, -0.25) is 14.5 Å². The zero-order valence-electron chi connectivity index (χ0n) is 34.0. The number of amidine groups is 1. The molecule has 8 rings (SSSR count). The fourth-order valence-corrected chi connectivity index (χ4v) is 10.8. The van der Waals surface area contributed by atoms with Gasteiger partial charge in [-0.25, -0.2) is 13.6 Å². The Hall–Kier alpha value is -4.66. The van der Waals surface area contributed by atoms with E-state index in [2.05, 4.69) is 62.7 Å². The fraction of sp³-hybridized carbons (Fsp3) is 0.619. The van der Waals surface area contributed by atoms with E-state index in [1.54, 1.807) is 43.2 Å². The highest BCUT2D eigenvalue weighted by atomic mass is 19.3. The molecule has 1 aromatic carbocycles. The van der Waals surface area contributed by atoms with Crippen LogP contribution in [0.3, 0.4) is 0 Å². The van der Waals surface area contributed by atoms with Gasteiger partial charge in [-0.05, 0) is 84.2 Å². The van der Waals surface area contributed by atoms with E-state index in [0.717, 1.165) is 81.9 Å². The number of rotatable bonds is 7. The molecule has 2 aromatic heterocycles. The Morgan fingerprint density at radius 3 is 2.33 bits per heavy atom. The largest absolute Gasteiger partial charge is 0.476 e. The van der Waals surface area contributed by atoms with Gasteiger partial charge in [-0.15, -0.1) is 10.2 Å². The van der Waals surface area contributed by atoms with Crippen LogP contribution in [0.5, 0.6) is 0 Å². The molecule has 306 valence electrons. The number of hydrogen-bond donors (Lipinski definition) is 1. The van der Waals surface area contributed by atoms with Crippen molar-refractivity contribution in [2.24, 2.45) is 34.8 Å². The summed E-state index contributed by atoms with van der Waals surface area (Å²) in [6.45, 7) is 17.4. The number of carbonyl (C=O) groups excluding carboxylic acids is 1. The Morgan fingerprint density at radius 2 is 1.72 bits per heavy atom. The molecule has 0 radical (unpaired) electrons. The van der Waals surface area contributed by atoms with E-state index in [4.69, 9.17) is 5.10 Å². The monoisotopic (exact) mass is 786 g/mol. The van der Waals surface area contributed by atoms with Crippen molar-refractivity contribution in [1.82, 2.24) is 34.8 Å². The van der Waals surface area contributed by atoms with E-state index in [1.807, 2.05) is 11.0 Å². The molecule has 0 aliphatic carbocycles. The number of hydrazone groups is 1. The number of aryl methyl sites for hydroxylation is 2. The number of aromatic carboxylic acids is 1. The Morgan fingerprint density at radius 1 is 0.982 bits per heavy atom. The van der Waals surface area contributed by atoms with Gasteiger partial charge in [-0.2, -0.15) is 10.2 Å². The topological polar surface area (TPSA) is 127 Å². The van der Waals surface area contributed by atoms with Crippen LogP contribution >= 0.6 is 0 Å². The average molecular weight is 787 g/mol. The standard InChI is InChI=1S/C42H56F2N10O3/c1-26(55)51-17-13-34-32(22-51)39(53-14-7-8-27-18-30(28-20-45-49(6)21-28)31(38(43)44)19-35(27)53)48-54(34)29-11-15-50(16-12-29)23-36-41(2,3)24-52(25-42(36,4)5)37-10-9-33(40(56)57)46-47-37/h9-10,18-21,29,32,34,36,38H,7-8,11-17,22-25H2,1-6H3,(H,56,57). The maximum atomic E-state index is 14.7. The number of carboxylic acids is 1. The number of aromatic nitrogens is 4. The minimum Gasteiger partial charge on any atom is -0.476 e. The van der Waals surface area contributed by atoms with E-state index >= 15 is 0 Å². The van der Waals surface area contributed by atoms with Gasteiger partial charge in [-0.1, -0.05) is 27.7 Å². The van der Waals surface area contributed by atoms with Crippen molar-refractivity contribution in [2.75, 3.05) is 62.2 Å². The summed E-state index contributed by atoms with van der Waals surface area (Å²) in [5.74, 6) is 0.993. The van der Waals surface area contributed by atoms with Crippen LogP contribution in [-0.4, -0.2) is 122 Å². The second kappa shape index (κ2) is 14.9. The summed E-state index contributed by atoms with van der Waals surface area (Å²) in [5, 5.41) is 29.5. The Kier molecular flexibility index (Phi) is 10.3. The van der Waals surface area contributed by atoms with Gasteiger partial charge in [0, 0.05) is 95.4 Å². The quantitative estimate of drug-likeness (QED) is 0.315. The summed E-state index contributed by atoms with van der Waals surface area (Å²) < 4.78 is 31.1. The van der Waals surface area contributed by atoms with Gasteiger partial charge in [0.2, 0.25) is 5.91 Å². The molecule has 15 heteroatoms. The number of likely N-dealkylation sites (tertiary alicyclic amines) is 2. The number of piperidine rings is 3. The van der Waals surface area contributed by atoms with Gasteiger partial charge < -0.3 is 24.7 Å². The maximum absolute atomic E-state index is 14.7. The molecule has 0 spiro atoms. The first-order valence-electron chi connectivity index (χ1n) is 20.5. The molecule has 5 aliphatic rings. The van der Waals surface area contributed by atoms with Crippen LogP contribution in [-0.2, 0) is 18.3 Å². The highest BCUT2D eigenvalue weighted by molar-refractivity contribution is 6.02. The molecule has 3 fully saturated rings. The molecule has 13 nitrogen and oxygen atoms in total. The third kappa shape index (κ3) is 7.47. The summed E-state index contributed by atoms with van der Waals surface area (Å²) in [6.07, 6.45) is 5.24. The summed E-state index contributed by atoms with van der Waals surface area (Å²) >= 11 is 0. The second-order valence-corrected chi connectivity index (χ2v) is 18.3. The number of benzene rings is 1. The molecule has 0 bridgehead atoms. The first-order valence-corrected chi connectivity index (χ1v) is 20.5. The molecule has 3 aromatic rings. The van der Waals surface area contributed by atoms with Crippen molar-refractivity contribution in [3.8, 4) is 11.1 Å².